The van der Waals surface area contributed by atoms with Gasteiger partial charge in [0.15, 0.2) is 0 Å². The maximum Gasteiger partial charge on any atom is 0.220 e. The molecule has 0 spiro atoms. The summed E-state index contributed by atoms with van der Waals surface area (Å²) in [6.07, 6.45) is 2.63. The van der Waals surface area contributed by atoms with Gasteiger partial charge in [-0.25, -0.2) is 9.97 Å². The van der Waals surface area contributed by atoms with Crippen molar-refractivity contribution in [3.05, 3.63) is 41.2 Å². The van der Waals surface area contributed by atoms with E-state index in [0.29, 0.717) is 12.5 Å². The number of methoxy groups -OCH3 is 1. The Labute approximate surface area is 123 Å². The smallest absolute Gasteiger partial charge is 0.220 e. The van der Waals surface area contributed by atoms with Crippen molar-refractivity contribution in [2.45, 2.75) is 19.5 Å². The zero-order valence-electron chi connectivity index (χ0n) is 11.9. The van der Waals surface area contributed by atoms with Gasteiger partial charge < -0.3 is 15.6 Å². The van der Waals surface area contributed by atoms with E-state index in [4.69, 9.17) is 10.5 Å². The average Bonchev–Trinajstić information content (AvgIpc) is 2.49. The molecule has 1 aliphatic heterocycles. The van der Waals surface area contributed by atoms with E-state index in [1.165, 1.54) is 0 Å². The number of benzene rings is 1. The molecule has 0 atom stereocenters. The first-order chi connectivity index (χ1) is 10.2. The normalized spacial score (nSPS) is 14.7. The number of anilines is 1. The number of ether oxygens (including phenoxy) is 1. The molecule has 2 aromatic rings. The van der Waals surface area contributed by atoms with Crippen molar-refractivity contribution in [1.29, 1.82) is 0 Å². The minimum absolute atomic E-state index is 0.287. The third kappa shape index (κ3) is 2.90. The number of hydrogen-bond acceptors (Lipinski definition) is 6. The second-order valence-corrected chi connectivity index (χ2v) is 5.16. The molecule has 0 aliphatic carbocycles. The maximum atomic E-state index is 9.97. The van der Waals surface area contributed by atoms with Crippen LogP contribution in [0.5, 0.6) is 11.5 Å². The monoisotopic (exact) mass is 286 g/mol. The molecule has 1 aliphatic rings. The molecule has 0 unspecified atom stereocenters. The number of aromatic nitrogens is 2. The van der Waals surface area contributed by atoms with Crippen LogP contribution in [0.25, 0.3) is 0 Å². The molecular weight excluding hydrogens is 268 g/mol. The average molecular weight is 286 g/mol. The standard InChI is InChI=1S/C15H18N4O2/c1-21-12-2-3-14(20)10(6-12)8-19-5-4-13-11(9-19)7-17-15(16)18-13/h2-3,6-7,20H,4-5,8-9H2,1H3,(H2,16,17,18). The quantitative estimate of drug-likeness (QED) is 0.885. The molecule has 0 radical (unpaired) electrons. The lowest BCUT2D eigenvalue weighted by Gasteiger charge is -2.28. The Bertz CT molecular complexity index is 660. The van der Waals surface area contributed by atoms with Gasteiger partial charge in [-0.2, -0.15) is 0 Å². The summed E-state index contributed by atoms with van der Waals surface area (Å²) in [6, 6.07) is 5.28. The highest BCUT2D eigenvalue weighted by Gasteiger charge is 2.19. The Hall–Kier alpha value is -2.34. The lowest BCUT2D eigenvalue weighted by atomic mass is 10.1. The fourth-order valence-electron chi connectivity index (χ4n) is 2.58. The first kappa shape index (κ1) is 13.6. The number of aromatic hydroxyl groups is 1. The largest absolute Gasteiger partial charge is 0.508 e. The third-order valence-electron chi connectivity index (χ3n) is 3.71. The van der Waals surface area contributed by atoms with Gasteiger partial charge in [-0.05, 0) is 18.2 Å². The second-order valence-electron chi connectivity index (χ2n) is 5.16. The number of nitrogen functional groups attached to an aromatic ring is 1. The molecule has 21 heavy (non-hydrogen) atoms. The van der Waals surface area contributed by atoms with Crippen LogP contribution in [0, 0.1) is 0 Å². The minimum Gasteiger partial charge on any atom is -0.508 e. The Morgan fingerprint density at radius 2 is 2.29 bits per heavy atom. The lowest BCUT2D eigenvalue weighted by molar-refractivity contribution is 0.239. The molecule has 0 amide bonds. The van der Waals surface area contributed by atoms with Gasteiger partial charge >= 0.3 is 0 Å². The molecule has 3 N–H and O–H groups in total. The van der Waals surface area contributed by atoms with Gasteiger partial charge in [0.25, 0.3) is 0 Å². The predicted molar refractivity (Wildman–Crippen MR) is 78.9 cm³/mol. The number of nitrogens with two attached hydrogens (primary N) is 1. The molecule has 3 rings (SSSR count). The number of hydrogen-bond donors (Lipinski definition) is 2. The van der Waals surface area contributed by atoms with Gasteiger partial charge in [0.05, 0.1) is 12.8 Å². The molecule has 6 nitrogen and oxygen atoms in total. The Balaban J connectivity index is 1.76. The van der Waals surface area contributed by atoms with Crippen molar-refractivity contribution < 1.29 is 9.84 Å². The number of rotatable bonds is 3. The van der Waals surface area contributed by atoms with Gasteiger partial charge in [0.1, 0.15) is 11.5 Å². The van der Waals surface area contributed by atoms with Crippen molar-refractivity contribution >= 4 is 5.95 Å². The van der Waals surface area contributed by atoms with E-state index in [1.54, 1.807) is 25.4 Å². The van der Waals surface area contributed by atoms with Crippen LogP contribution < -0.4 is 10.5 Å². The van der Waals surface area contributed by atoms with E-state index in [-0.39, 0.29) is 5.75 Å². The van der Waals surface area contributed by atoms with E-state index in [0.717, 1.165) is 42.1 Å². The summed E-state index contributed by atoms with van der Waals surface area (Å²) in [4.78, 5) is 10.6. The highest BCUT2D eigenvalue weighted by atomic mass is 16.5. The van der Waals surface area contributed by atoms with Crippen LogP contribution >= 0.6 is 0 Å². The molecule has 0 bridgehead atoms. The minimum atomic E-state index is 0.287. The zero-order valence-corrected chi connectivity index (χ0v) is 11.9. The topological polar surface area (TPSA) is 84.5 Å². The molecule has 2 heterocycles. The summed E-state index contributed by atoms with van der Waals surface area (Å²) in [7, 11) is 1.62. The van der Waals surface area contributed by atoms with E-state index in [1.807, 2.05) is 6.07 Å². The van der Waals surface area contributed by atoms with Crippen LogP contribution in [0.2, 0.25) is 0 Å². The Morgan fingerprint density at radius 3 is 3.10 bits per heavy atom. The molecule has 0 fully saturated rings. The summed E-state index contributed by atoms with van der Waals surface area (Å²) in [5.41, 5.74) is 8.58. The van der Waals surface area contributed by atoms with E-state index < -0.39 is 0 Å². The zero-order chi connectivity index (χ0) is 14.8. The van der Waals surface area contributed by atoms with Gasteiger partial charge in [0, 0.05) is 43.4 Å². The van der Waals surface area contributed by atoms with Crippen LogP contribution in [-0.2, 0) is 19.5 Å². The third-order valence-corrected chi connectivity index (χ3v) is 3.71. The van der Waals surface area contributed by atoms with Crippen molar-refractivity contribution in [3.63, 3.8) is 0 Å². The SMILES string of the molecule is COc1ccc(O)c(CN2CCc3nc(N)ncc3C2)c1. The summed E-state index contributed by atoms with van der Waals surface area (Å²) in [5.74, 6) is 1.36. The molecule has 1 aromatic carbocycles. The van der Waals surface area contributed by atoms with Crippen molar-refractivity contribution in [2.75, 3.05) is 19.4 Å². The molecule has 1 aromatic heterocycles. The van der Waals surface area contributed by atoms with Crippen LogP contribution in [0.4, 0.5) is 5.95 Å². The molecule has 0 saturated heterocycles. The first-order valence-corrected chi connectivity index (χ1v) is 6.84. The number of nitrogens with zero attached hydrogens (tertiary/aromatic N) is 3. The summed E-state index contributed by atoms with van der Waals surface area (Å²) >= 11 is 0. The van der Waals surface area contributed by atoms with E-state index >= 15 is 0 Å². The van der Waals surface area contributed by atoms with Gasteiger partial charge in [-0.15, -0.1) is 0 Å². The summed E-state index contributed by atoms with van der Waals surface area (Å²) < 4.78 is 5.20. The van der Waals surface area contributed by atoms with Crippen molar-refractivity contribution in [3.8, 4) is 11.5 Å². The first-order valence-electron chi connectivity index (χ1n) is 6.84. The second kappa shape index (κ2) is 5.57. The van der Waals surface area contributed by atoms with Crippen LogP contribution in [0.3, 0.4) is 0 Å². The van der Waals surface area contributed by atoms with E-state index in [9.17, 15) is 5.11 Å². The highest BCUT2D eigenvalue weighted by molar-refractivity contribution is 5.39. The fourth-order valence-corrected chi connectivity index (χ4v) is 2.58. The number of phenolic OH excluding ortho intramolecular Hbond substituents is 1. The van der Waals surface area contributed by atoms with Gasteiger partial charge in [0.2, 0.25) is 5.95 Å². The summed E-state index contributed by atoms with van der Waals surface area (Å²) in [5, 5.41) is 9.97. The molecule has 110 valence electrons. The van der Waals surface area contributed by atoms with Crippen LogP contribution in [0.1, 0.15) is 16.8 Å². The van der Waals surface area contributed by atoms with Gasteiger partial charge in [-0.1, -0.05) is 0 Å². The molecule has 6 heteroatoms. The molecule has 0 saturated carbocycles. The predicted octanol–water partition coefficient (Wildman–Crippen LogP) is 1.33. The Kier molecular flexibility index (Phi) is 3.62. The van der Waals surface area contributed by atoms with Crippen LogP contribution in [0.15, 0.2) is 24.4 Å². The summed E-state index contributed by atoms with van der Waals surface area (Å²) in [6.45, 7) is 2.29. The Morgan fingerprint density at radius 1 is 1.43 bits per heavy atom. The fraction of sp³-hybridized carbons (Fsp3) is 0.333. The maximum absolute atomic E-state index is 9.97. The number of fused-ring (bicyclic) bond motifs is 1. The van der Waals surface area contributed by atoms with Gasteiger partial charge in [-0.3, -0.25) is 4.90 Å². The van der Waals surface area contributed by atoms with Crippen molar-refractivity contribution in [2.24, 2.45) is 0 Å². The molecular formula is C15H18N4O2. The van der Waals surface area contributed by atoms with E-state index in [2.05, 4.69) is 14.9 Å². The van der Waals surface area contributed by atoms with Crippen LogP contribution in [-0.4, -0.2) is 33.6 Å². The highest BCUT2D eigenvalue weighted by Crippen LogP contribution is 2.26. The number of phenols is 1. The van der Waals surface area contributed by atoms with Crippen molar-refractivity contribution in [1.82, 2.24) is 14.9 Å². The lowest BCUT2D eigenvalue weighted by Crippen LogP contribution is -2.31.